The summed E-state index contributed by atoms with van der Waals surface area (Å²) in [7, 11) is 0. The molecule has 0 N–H and O–H groups in total. The summed E-state index contributed by atoms with van der Waals surface area (Å²) in [5, 5.41) is 1.40. The summed E-state index contributed by atoms with van der Waals surface area (Å²) in [5.41, 5.74) is 0. The Kier molecular flexibility index (Phi) is 8.92. The predicted octanol–water partition coefficient (Wildman–Crippen LogP) is 3.20. The molecule has 8 nitrogen and oxygen atoms in total. The lowest BCUT2D eigenvalue weighted by Gasteiger charge is -2.34. The van der Waals surface area contributed by atoms with Gasteiger partial charge in [0, 0.05) is 49.3 Å². The minimum Gasteiger partial charge on any atom is -0.301 e. The molecule has 2 aliphatic carbocycles. The molecule has 0 aromatic carbocycles. The number of fused-ring (bicyclic) bond motifs is 2. The fraction of sp³-hybridized carbons (Fsp3) is 0.714. The van der Waals surface area contributed by atoms with Gasteiger partial charge in [0.1, 0.15) is 0 Å². The van der Waals surface area contributed by atoms with E-state index in [4.69, 9.17) is 23.2 Å². The largest absolute Gasteiger partial charge is 0.301 e. The molecule has 10 heteroatoms. The van der Waals surface area contributed by atoms with Crippen LogP contribution in [0.4, 0.5) is 0 Å². The van der Waals surface area contributed by atoms with Crippen LogP contribution in [0.2, 0.25) is 0 Å². The highest BCUT2D eigenvalue weighted by molar-refractivity contribution is 6.30. The van der Waals surface area contributed by atoms with Crippen molar-refractivity contribution < 1.29 is 19.2 Å². The molecule has 208 valence electrons. The van der Waals surface area contributed by atoms with E-state index in [1.165, 1.54) is 9.80 Å². The number of halogens is 2. The van der Waals surface area contributed by atoms with Crippen molar-refractivity contribution in [3.05, 3.63) is 22.2 Å². The molecule has 3 fully saturated rings. The number of piperazine rings is 1. The van der Waals surface area contributed by atoms with Gasteiger partial charge in [0.15, 0.2) is 0 Å². The van der Waals surface area contributed by atoms with E-state index < -0.39 is 0 Å². The van der Waals surface area contributed by atoms with Gasteiger partial charge in [-0.1, -0.05) is 35.4 Å². The van der Waals surface area contributed by atoms with Crippen LogP contribution in [0.25, 0.3) is 0 Å². The van der Waals surface area contributed by atoms with E-state index in [2.05, 4.69) is 9.80 Å². The van der Waals surface area contributed by atoms with Gasteiger partial charge >= 0.3 is 0 Å². The average molecular weight is 566 g/mol. The van der Waals surface area contributed by atoms with Crippen molar-refractivity contribution in [2.45, 2.75) is 51.4 Å². The van der Waals surface area contributed by atoms with Crippen molar-refractivity contribution in [2.75, 3.05) is 52.4 Å². The molecule has 38 heavy (non-hydrogen) atoms. The zero-order valence-corrected chi connectivity index (χ0v) is 23.5. The van der Waals surface area contributed by atoms with E-state index in [-0.39, 0.29) is 47.3 Å². The minimum absolute atomic E-state index is 0.0211. The van der Waals surface area contributed by atoms with Crippen LogP contribution in [0.15, 0.2) is 22.2 Å². The van der Waals surface area contributed by atoms with E-state index >= 15 is 0 Å². The SMILES string of the molecule is O=C1C2CC=C(Cl)CC2C(=O)N1CCCCN1CCN(CCCCN2C(=O)C3CC=C(Cl)CC3C2=O)CC1. The first-order valence-electron chi connectivity index (χ1n) is 14.2. The first kappa shape index (κ1) is 27.8. The lowest BCUT2D eigenvalue weighted by Crippen LogP contribution is -2.47. The number of rotatable bonds is 10. The molecule has 5 aliphatic rings. The van der Waals surface area contributed by atoms with Crippen LogP contribution in [-0.4, -0.2) is 95.6 Å². The summed E-state index contributed by atoms with van der Waals surface area (Å²) in [6.45, 7) is 7.01. The van der Waals surface area contributed by atoms with Crippen LogP contribution < -0.4 is 0 Å². The Labute approximate surface area is 234 Å². The molecular formula is C28H38Cl2N4O4. The van der Waals surface area contributed by atoms with Gasteiger partial charge in [0.05, 0.1) is 23.7 Å². The number of amides is 4. The number of carbonyl (C=O) groups excluding carboxylic acids is 4. The molecule has 4 atom stereocenters. The topological polar surface area (TPSA) is 81.2 Å². The van der Waals surface area contributed by atoms with Crippen LogP contribution in [-0.2, 0) is 19.2 Å². The molecule has 0 aromatic rings. The van der Waals surface area contributed by atoms with E-state index in [9.17, 15) is 19.2 Å². The fourth-order valence-corrected chi connectivity index (χ4v) is 7.19. The van der Waals surface area contributed by atoms with E-state index in [0.29, 0.717) is 48.8 Å². The predicted molar refractivity (Wildman–Crippen MR) is 145 cm³/mol. The normalized spacial score (nSPS) is 30.6. The zero-order valence-electron chi connectivity index (χ0n) is 22.0. The molecule has 0 saturated carbocycles. The molecule has 5 rings (SSSR count). The van der Waals surface area contributed by atoms with Crippen LogP contribution in [0.3, 0.4) is 0 Å². The second-order valence-corrected chi connectivity index (χ2v) is 12.3. The van der Waals surface area contributed by atoms with Gasteiger partial charge < -0.3 is 9.80 Å². The van der Waals surface area contributed by atoms with Crippen LogP contribution in [0.5, 0.6) is 0 Å². The highest BCUT2D eigenvalue weighted by Crippen LogP contribution is 2.40. The number of allylic oxidation sites excluding steroid dienone is 4. The van der Waals surface area contributed by atoms with Gasteiger partial charge in [-0.3, -0.25) is 29.0 Å². The van der Waals surface area contributed by atoms with E-state index in [0.717, 1.165) is 65.0 Å². The number of hydrogen-bond donors (Lipinski definition) is 0. The lowest BCUT2D eigenvalue weighted by molar-refractivity contribution is -0.141. The first-order valence-corrected chi connectivity index (χ1v) is 14.9. The number of hydrogen-bond acceptors (Lipinski definition) is 6. The van der Waals surface area contributed by atoms with Gasteiger partial charge in [-0.15, -0.1) is 0 Å². The van der Waals surface area contributed by atoms with Gasteiger partial charge in [-0.05, 0) is 64.5 Å². The van der Waals surface area contributed by atoms with Gasteiger partial charge in [0.2, 0.25) is 23.6 Å². The molecule has 4 amide bonds. The molecule has 3 saturated heterocycles. The van der Waals surface area contributed by atoms with Crippen LogP contribution in [0, 0.1) is 23.7 Å². The second-order valence-electron chi connectivity index (χ2n) is 11.4. The maximum atomic E-state index is 12.7. The van der Waals surface area contributed by atoms with Crippen molar-refractivity contribution in [1.82, 2.24) is 19.6 Å². The minimum atomic E-state index is -0.259. The summed E-state index contributed by atoms with van der Waals surface area (Å²) in [5.74, 6) is -1.07. The van der Waals surface area contributed by atoms with Crippen molar-refractivity contribution >= 4 is 46.8 Å². The molecule has 0 spiro atoms. The van der Waals surface area contributed by atoms with E-state index in [1.54, 1.807) is 0 Å². The monoisotopic (exact) mass is 564 g/mol. The van der Waals surface area contributed by atoms with E-state index in [1.807, 2.05) is 12.2 Å². The summed E-state index contributed by atoms with van der Waals surface area (Å²) < 4.78 is 0. The Morgan fingerprint density at radius 1 is 0.553 bits per heavy atom. The highest BCUT2D eigenvalue weighted by Gasteiger charge is 2.49. The summed E-state index contributed by atoms with van der Waals surface area (Å²) in [6, 6.07) is 0. The Bertz CT molecular complexity index is 942. The number of likely N-dealkylation sites (tertiary alicyclic amines) is 2. The smallest absolute Gasteiger partial charge is 0.233 e. The van der Waals surface area contributed by atoms with Crippen LogP contribution in [0.1, 0.15) is 51.4 Å². The Morgan fingerprint density at radius 2 is 0.895 bits per heavy atom. The molecule has 0 radical (unpaired) electrons. The first-order chi connectivity index (χ1) is 18.3. The third kappa shape index (κ3) is 5.88. The maximum absolute atomic E-state index is 12.7. The number of unbranched alkanes of at least 4 members (excludes halogenated alkanes) is 2. The third-order valence-electron chi connectivity index (χ3n) is 9.00. The number of carbonyl (C=O) groups is 4. The standard InChI is InChI=1S/C28H38Cl2N4O4/c29-19-5-7-21-23(17-19)27(37)33(25(21)35)11-3-1-9-31-13-15-32(16-14-31)10-2-4-12-34-26(36)22-8-6-20(30)18-24(22)28(34)38/h5-6,21-24H,1-4,7-18H2. The average Bonchev–Trinajstić information content (AvgIpc) is 3.28. The highest BCUT2D eigenvalue weighted by atomic mass is 35.5. The number of imide groups is 2. The Balaban J connectivity index is 0.935. The van der Waals surface area contributed by atoms with Crippen molar-refractivity contribution in [2.24, 2.45) is 23.7 Å². The summed E-state index contributed by atoms with van der Waals surface area (Å²) in [6.07, 6.45) is 9.51. The molecular weight excluding hydrogens is 527 g/mol. The van der Waals surface area contributed by atoms with Crippen molar-refractivity contribution in [3.63, 3.8) is 0 Å². The fourth-order valence-electron chi connectivity index (χ4n) is 6.68. The number of nitrogens with zero attached hydrogens (tertiary/aromatic N) is 4. The molecule has 3 heterocycles. The zero-order chi connectivity index (χ0) is 26.8. The van der Waals surface area contributed by atoms with Crippen LogP contribution >= 0.6 is 23.2 Å². The Hall–Kier alpha value is -1.74. The van der Waals surface area contributed by atoms with Gasteiger partial charge in [0.25, 0.3) is 0 Å². The van der Waals surface area contributed by atoms with Gasteiger partial charge in [-0.25, -0.2) is 0 Å². The molecule has 0 aromatic heterocycles. The maximum Gasteiger partial charge on any atom is 0.233 e. The van der Waals surface area contributed by atoms with Gasteiger partial charge in [-0.2, -0.15) is 0 Å². The second kappa shape index (κ2) is 12.2. The molecule has 3 aliphatic heterocycles. The molecule has 4 unspecified atom stereocenters. The summed E-state index contributed by atoms with van der Waals surface area (Å²) in [4.78, 5) is 58.5. The van der Waals surface area contributed by atoms with Crippen molar-refractivity contribution in [1.29, 1.82) is 0 Å². The lowest BCUT2D eigenvalue weighted by atomic mass is 9.85. The Morgan fingerprint density at radius 3 is 1.29 bits per heavy atom. The third-order valence-corrected chi connectivity index (χ3v) is 9.61. The quantitative estimate of drug-likeness (QED) is 0.299. The molecule has 0 bridgehead atoms. The van der Waals surface area contributed by atoms with Crippen molar-refractivity contribution in [3.8, 4) is 0 Å². The summed E-state index contributed by atoms with van der Waals surface area (Å²) >= 11 is 12.2.